The normalized spacial score (nSPS) is 13.0. The highest BCUT2D eigenvalue weighted by Crippen LogP contribution is 2.00. The Kier molecular flexibility index (Phi) is 5.04. The third-order valence-corrected chi connectivity index (χ3v) is 2.49. The van der Waals surface area contributed by atoms with Crippen LogP contribution < -0.4 is 9.44 Å². The lowest BCUT2D eigenvalue weighted by molar-refractivity contribution is 0.177. The summed E-state index contributed by atoms with van der Waals surface area (Å²) < 4.78 is 30.1. The molecular weight excluding hydrogens is 222 g/mol. The van der Waals surface area contributed by atoms with Gasteiger partial charge in [0.1, 0.15) is 6.04 Å². The van der Waals surface area contributed by atoms with Crippen LogP contribution in [0.1, 0.15) is 13.8 Å². The van der Waals surface area contributed by atoms with Crippen molar-refractivity contribution in [3.8, 4) is 6.07 Å². The second-order valence-electron chi connectivity index (χ2n) is 3.07. The molecule has 15 heavy (non-hydrogen) atoms. The first kappa shape index (κ1) is 13.7. The zero-order chi connectivity index (χ0) is 12.1. The van der Waals surface area contributed by atoms with Crippen molar-refractivity contribution in [3.05, 3.63) is 0 Å². The molecule has 7 nitrogen and oxygen atoms in total. The average molecular weight is 235 g/mol. The maximum atomic E-state index is 11.2. The van der Waals surface area contributed by atoms with Crippen LogP contribution in [0, 0.1) is 17.2 Å². The largest absolute Gasteiger partial charge is 0.452 e. The molecule has 0 aromatic rings. The van der Waals surface area contributed by atoms with Crippen LogP contribution in [-0.4, -0.2) is 27.7 Å². The maximum Gasteiger partial charge on any atom is 0.421 e. The summed E-state index contributed by atoms with van der Waals surface area (Å²) in [6.07, 6.45) is -1.11. The number of nitriles is 1. The van der Waals surface area contributed by atoms with Gasteiger partial charge in [-0.25, -0.2) is 9.52 Å². The Labute approximate surface area is 88.6 Å². The molecule has 1 atom stereocenters. The van der Waals surface area contributed by atoms with Crippen LogP contribution in [0.2, 0.25) is 0 Å². The monoisotopic (exact) mass is 235 g/mol. The molecule has 0 saturated carbocycles. The van der Waals surface area contributed by atoms with Crippen LogP contribution in [0.4, 0.5) is 4.79 Å². The van der Waals surface area contributed by atoms with Crippen molar-refractivity contribution in [1.82, 2.24) is 9.44 Å². The first-order valence-electron chi connectivity index (χ1n) is 4.10. The fourth-order valence-electron chi connectivity index (χ4n) is 0.659. The van der Waals surface area contributed by atoms with Gasteiger partial charge in [0, 0.05) is 0 Å². The molecule has 0 aromatic carbocycles. The predicted octanol–water partition coefficient (Wildman–Crippen LogP) is -0.275. The Balaban J connectivity index is 4.51. The summed E-state index contributed by atoms with van der Waals surface area (Å²) in [4.78, 5) is 10.6. The minimum Gasteiger partial charge on any atom is -0.452 e. The van der Waals surface area contributed by atoms with Gasteiger partial charge in [-0.15, -0.1) is 0 Å². The lowest BCUT2D eigenvalue weighted by Crippen LogP contribution is -2.46. The standard InChI is InChI=1S/C7H13N3O4S/c1-5(2)6(4-8)9-15(12,13)10-7(11)14-3/h5-6,9H,1-3H3,(H,10,11). The molecule has 0 aromatic heterocycles. The smallest absolute Gasteiger partial charge is 0.421 e. The minimum absolute atomic E-state index is 0.204. The van der Waals surface area contributed by atoms with Crippen molar-refractivity contribution in [1.29, 1.82) is 5.26 Å². The Hall–Kier alpha value is -1.33. The molecule has 0 saturated heterocycles. The van der Waals surface area contributed by atoms with E-state index in [4.69, 9.17) is 5.26 Å². The molecule has 1 amide bonds. The molecule has 2 N–H and O–H groups in total. The van der Waals surface area contributed by atoms with E-state index in [0.29, 0.717) is 0 Å². The summed E-state index contributed by atoms with van der Waals surface area (Å²) in [5, 5.41) is 8.63. The second kappa shape index (κ2) is 5.53. The van der Waals surface area contributed by atoms with Crippen LogP contribution >= 0.6 is 0 Å². The molecule has 0 rings (SSSR count). The van der Waals surface area contributed by atoms with Crippen molar-refractivity contribution in [2.45, 2.75) is 19.9 Å². The third-order valence-electron chi connectivity index (χ3n) is 1.49. The number of nitrogens with one attached hydrogen (secondary N) is 2. The topological polar surface area (TPSA) is 108 Å². The number of hydrogen-bond acceptors (Lipinski definition) is 5. The molecule has 0 heterocycles. The number of methoxy groups -OCH3 is 1. The van der Waals surface area contributed by atoms with E-state index in [2.05, 4.69) is 4.74 Å². The van der Waals surface area contributed by atoms with Gasteiger partial charge < -0.3 is 4.74 Å². The van der Waals surface area contributed by atoms with Crippen molar-refractivity contribution in [2.75, 3.05) is 7.11 Å². The number of rotatable bonds is 4. The van der Waals surface area contributed by atoms with Gasteiger partial charge in [0.15, 0.2) is 0 Å². The van der Waals surface area contributed by atoms with Gasteiger partial charge in [-0.05, 0) is 5.92 Å². The van der Waals surface area contributed by atoms with E-state index in [9.17, 15) is 13.2 Å². The average Bonchev–Trinajstić information content (AvgIpc) is 2.13. The van der Waals surface area contributed by atoms with Crippen LogP contribution in [-0.2, 0) is 14.9 Å². The molecule has 0 aliphatic carbocycles. The highest BCUT2D eigenvalue weighted by atomic mass is 32.2. The minimum atomic E-state index is -4.05. The SMILES string of the molecule is COC(=O)NS(=O)(=O)NC(C#N)C(C)C. The number of nitrogens with zero attached hydrogens (tertiary/aromatic N) is 1. The molecule has 0 fully saturated rings. The summed E-state index contributed by atoms with van der Waals surface area (Å²) in [6, 6.07) is 0.870. The maximum absolute atomic E-state index is 11.2. The van der Waals surface area contributed by atoms with E-state index in [1.54, 1.807) is 24.6 Å². The Morgan fingerprint density at radius 3 is 2.33 bits per heavy atom. The Morgan fingerprint density at radius 2 is 2.00 bits per heavy atom. The van der Waals surface area contributed by atoms with E-state index in [1.165, 1.54) is 0 Å². The zero-order valence-electron chi connectivity index (χ0n) is 8.64. The quantitative estimate of drug-likeness (QED) is 0.697. The molecule has 86 valence electrons. The molecular formula is C7H13N3O4S. The van der Waals surface area contributed by atoms with Gasteiger partial charge in [0.2, 0.25) is 0 Å². The highest BCUT2D eigenvalue weighted by molar-refractivity contribution is 7.88. The first-order valence-corrected chi connectivity index (χ1v) is 5.58. The van der Waals surface area contributed by atoms with Crippen LogP contribution in [0.15, 0.2) is 0 Å². The molecule has 0 spiro atoms. The van der Waals surface area contributed by atoms with E-state index in [-0.39, 0.29) is 5.92 Å². The van der Waals surface area contributed by atoms with Gasteiger partial charge >= 0.3 is 16.3 Å². The number of carbonyl (C=O) groups is 1. The summed E-state index contributed by atoms with van der Waals surface area (Å²) in [6.45, 7) is 3.35. The molecule has 1 unspecified atom stereocenters. The van der Waals surface area contributed by atoms with Gasteiger partial charge in [-0.2, -0.15) is 18.4 Å². The Bertz CT molecular complexity index is 357. The number of amides is 1. The first-order chi connectivity index (χ1) is 6.82. The van der Waals surface area contributed by atoms with Crippen molar-refractivity contribution < 1.29 is 17.9 Å². The van der Waals surface area contributed by atoms with E-state index < -0.39 is 22.3 Å². The van der Waals surface area contributed by atoms with Gasteiger partial charge in [0.25, 0.3) is 0 Å². The summed E-state index contributed by atoms with van der Waals surface area (Å²) in [5.41, 5.74) is 0. The van der Waals surface area contributed by atoms with Gasteiger partial charge in [-0.3, -0.25) is 0 Å². The van der Waals surface area contributed by atoms with Crippen molar-refractivity contribution >= 4 is 16.3 Å². The lowest BCUT2D eigenvalue weighted by Gasteiger charge is -2.14. The summed E-state index contributed by atoms with van der Waals surface area (Å²) >= 11 is 0. The predicted molar refractivity (Wildman–Crippen MR) is 51.8 cm³/mol. The van der Waals surface area contributed by atoms with Crippen molar-refractivity contribution in [3.63, 3.8) is 0 Å². The van der Waals surface area contributed by atoms with Crippen molar-refractivity contribution in [2.24, 2.45) is 5.92 Å². The Morgan fingerprint density at radius 1 is 1.47 bits per heavy atom. The summed E-state index contributed by atoms with van der Waals surface area (Å²) in [7, 11) is -3.01. The fraction of sp³-hybridized carbons (Fsp3) is 0.714. The number of ether oxygens (including phenoxy) is 1. The van der Waals surface area contributed by atoms with Crippen LogP contribution in [0.25, 0.3) is 0 Å². The molecule has 0 radical (unpaired) electrons. The van der Waals surface area contributed by atoms with Gasteiger partial charge in [-0.1, -0.05) is 13.8 Å². The number of carbonyl (C=O) groups excluding carboxylic acids is 1. The van der Waals surface area contributed by atoms with Gasteiger partial charge in [0.05, 0.1) is 13.2 Å². The lowest BCUT2D eigenvalue weighted by atomic mass is 10.1. The third kappa shape index (κ3) is 5.19. The van der Waals surface area contributed by atoms with Crippen LogP contribution in [0.5, 0.6) is 0 Å². The summed E-state index contributed by atoms with van der Waals surface area (Å²) in [5.74, 6) is -0.204. The fourth-order valence-corrected chi connectivity index (χ4v) is 1.68. The molecule has 0 bridgehead atoms. The van der Waals surface area contributed by atoms with Crippen LogP contribution in [0.3, 0.4) is 0 Å². The number of hydrogen-bond donors (Lipinski definition) is 2. The molecule has 0 aliphatic heterocycles. The molecule has 0 aliphatic rings. The second-order valence-corrected chi connectivity index (χ2v) is 4.51. The molecule has 8 heteroatoms. The highest BCUT2D eigenvalue weighted by Gasteiger charge is 2.22. The van der Waals surface area contributed by atoms with E-state index >= 15 is 0 Å². The van der Waals surface area contributed by atoms with E-state index in [1.807, 2.05) is 4.72 Å². The van der Waals surface area contributed by atoms with E-state index in [0.717, 1.165) is 7.11 Å². The zero-order valence-corrected chi connectivity index (χ0v) is 9.46.